The van der Waals surface area contributed by atoms with Gasteiger partial charge in [-0.1, -0.05) is 0 Å². The van der Waals surface area contributed by atoms with Crippen LogP contribution in [0.5, 0.6) is 0 Å². The first-order valence-corrected chi connectivity index (χ1v) is 5.26. The third-order valence-electron chi connectivity index (χ3n) is 2.25. The van der Waals surface area contributed by atoms with Gasteiger partial charge in [0.25, 0.3) is 0 Å². The Kier molecular flexibility index (Phi) is 1.85. The highest BCUT2D eigenvalue weighted by atomic mass is 79.9. The first-order chi connectivity index (χ1) is 7.34. The lowest BCUT2D eigenvalue weighted by Crippen LogP contribution is -1.94. The smallest absolute Gasteiger partial charge is 0.139 e. The van der Waals surface area contributed by atoms with Gasteiger partial charge >= 0.3 is 0 Å². The van der Waals surface area contributed by atoms with Gasteiger partial charge in [-0.15, -0.1) is 0 Å². The molecule has 74 valence electrons. The molecular formula is C10H7BrN4. The van der Waals surface area contributed by atoms with Gasteiger partial charge in [0.1, 0.15) is 16.7 Å². The number of fused-ring (bicyclic) bond motifs is 1. The van der Waals surface area contributed by atoms with Crippen molar-refractivity contribution in [1.29, 1.82) is 0 Å². The summed E-state index contributed by atoms with van der Waals surface area (Å²) in [5, 5.41) is 1.13. The molecule has 4 nitrogen and oxygen atoms in total. The summed E-state index contributed by atoms with van der Waals surface area (Å²) in [4.78, 5) is 11.5. The van der Waals surface area contributed by atoms with Gasteiger partial charge in [0.2, 0.25) is 0 Å². The van der Waals surface area contributed by atoms with Gasteiger partial charge in [-0.2, -0.15) is 0 Å². The van der Waals surface area contributed by atoms with E-state index in [0.717, 1.165) is 21.3 Å². The minimum Gasteiger partial charge on any atom is -0.359 e. The lowest BCUT2D eigenvalue weighted by Gasteiger charge is -2.02. The number of halogens is 1. The SMILES string of the molecule is Brc1nc(-n2ccnc2)cc2cc[nH]c12. The molecule has 0 aliphatic heterocycles. The second-order valence-corrected chi connectivity index (χ2v) is 3.93. The molecular weight excluding hydrogens is 256 g/mol. The predicted octanol–water partition coefficient (Wildman–Crippen LogP) is 2.51. The molecule has 3 heterocycles. The summed E-state index contributed by atoms with van der Waals surface area (Å²) in [5.74, 6) is 0.853. The van der Waals surface area contributed by atoms with Gasteiger partial charge in [-0.25, -0.2) is 9.97 Å². The summed E-state index contributed by atoms with van der Waals surface area (Å²) in [6, 6.07) is 4.03. The van der Waals surface area contributed by atoms with E-state index in [1.54, 1.807) is 12.5 Å². The number of aromatic nitrogens is 4. The van der Waals surface area contributed by atoms with E-state index in [-0.39, 0.29) is 0 Å². The third-order valence-corrected chi connectivity index (χ3v) is 2.83. The van der Waals surface area contributed by atoms with Crippen molar-refractivity contribution >= 4 is 26.8 Å². The van der Waals surface area contributed by atoms with E-state index in [0.29, 0.717) is 0 Å². The van der Waals surface area contributed by atoms with Gasteiger partial charge in [-0.05, 0) is 28.1 Å². The Morgan fingerprint density at radius 2 is 2.33 bits per heavy atom. The van der Waals surface area contributed by atoms with Gasteiger partial charge in [0.15, 0.2) is 0 Å². The highest BCUT2D eigenvalue weighted by Crippen LogP contribution is 2.22. The van der Waals surface area contributed by atoms with Crippen molar-refractivity contribution in [2.45, 2.75) is 0 Å². The number of H-pyrrole nitrogens is 1. The highest BCUT2D eigenvalue weighted by Gasteiger charge is 2.05. The van der Waals surface area contributed by atoms with Crippen molar-refractivity contribution in [3.63, 3.8) is 0 Å². The molecule has 0 fully saturated rings. The van der Waals surface area contributed by atoms with E-state index in [9.17, 15) is 0 Å². The van der Waals surface area contributed by atoms with Gasteiger partial charge in [0.05, 0.1) is 5.52 Å². The van der Waals surface area contributed by atoms with E-state index >= 15 is 0 Å². The molecule has 0 radical (unpaired) electrons. The number of nitrogens with one attached hydrogen (secondary N) is 1. The van der Waals surface area contributed by atoms with Crippen molar-refractivity contribution in [3.8, 4) is 5.82 Å². The summed E-state index contributed by atoms with van der Waals surface area (Å²) >= 11 is 3.44. The van der Waals surface area contributed by atoms with E-state index in [1.807, 2.05) is 29.1 Å². The molecule has 0 saturated carbocycles. The van der Waals surface area contributed by atoms with Crippen molar-refractivity contribution in [2.75, 3.05) is 0 Å². The number of imidazole rings is 1. The zero-order valence-corrected chi connectivity index (χ0v) is 9.27. The van der Waals surface area contributed by atoms with E-state index in [2.05, 4.69) is 30.9 Å². The summed E-state index contributed by atoms with van der Waals surface area (Å²) in [6.07, 6.45) is 7.23. The van der Waals surface area contributed by atoms with Gasteiger partial charge in [0, 0.05) is 24.0 Å². The summed E-state index contributed by atoms with van der Waals surface area (Å²) < 4.78 is 2.69. The zero-order chi connectivity index (χ0) is 10.3. The topological polar surface area (TPSA) is 46.5 Å². The van der Waals surface area contributed by atoms with Crippen LogP contribution in [-0.4, -0.2) is 19.5 Å². The largest absolute Gasteiger partial charge is 0.359 e. The number of hydrogen-bond donors (Lipinski definition) is 1. The molecule has 3 rings (SSSR count). The molecule has 0 aromatic carbocycles. The summed E-state index contributed by atoms with van der Waals surface area (Å²) in [7, 11) is 0. The minimum atomic E-state index is 0.814. The summed E-state index contributed by atoms with van der Waals surface area (Å²) in [6.45, 7) is 0. The normalized spacial score (nSPS) is 11.0. The molecule has 1 N–H and O–H groups in total. The second kappa shape index (κ2) is 3.20. The molecule has 3 aromatic heterocycles. The van der Waals surface area contributed by atoms with Crippen molar-refractivity contribution in [3.05, 3.63) is 41.7 Å². The molecule has 0 unspecified atom stereocenters. The minimum absolute atomic E-state index is 0.814. The summed E-state index contributed by atoms with van der Waals surface area (Å²) in [5.41, 5.74) is 1.01. The standard InChI is InChI=1S/C10H7BrN4/c11-10-9-7(1-2-13-9)5-8(14-10)15-4-3-12-6-15/h1-6,13H. The first-order valence-electron chi connectivity index (χ1n) is 4.46. The Hall–Kier alpha value is -1.62. The lowest BCUT2D eigenvalue weighted by molar-refractivity contribution is 0.991. The Balaban J connectivity index is 2.29. The monoisotopic (exact) mass is 262 g/mol. The molecule has 0 aliphatic rings. The fraction of sp³-hybridized carbons (Fsp3) is 0. The molecule has 5 heteroatoms. The van der Waals surface area contributed by atoms with Crippen LogP contribution in [0.1, 0.15) is 0 Å². The van der Waals surface area contributed by atoms with Crippen LogP contribution in [0.3, 0.4) is 0 Å². The number of rotatable bonds is 1. The number of hydrogen-bond acceptors (Lipinski definition) is 2. The Bertz CT molecular complexity index is 597. The molecule has 15 heavy (non-hydrogen) atoms. The molecule has 0 bridgehead atoms. The average molecular weight is 263 g/mol. The molecule has 0 atom stereocenters. The molecule has 0 spiro atoms. The average Bonchev–Trinajstić information content (AvgIpc) is 2.88. The quantitative estimate of drug-likeness (QED) is 0.685. The number of nitrogens with zero attached hydrogens (tertiary/aromatic N) is 3. The fourth-order valence-corrected chi connectivity index (χ4v) is 2.06. The van der Waals surface area contributed by atoms with Crippen LogP contribution < -0.4 is 0 Å². The second-order valence-electron chi connectivity index (χ2n) is 3.18. The van der Waals surface area contributed by atoms with Gasteiger partial charge < -0.3 is 4.98 Å². The van der Waals surface area contributed by atoms with E-state index in [4.69, 9.17) is 0 Å². The highest BCUT2D eigenvalue weighted by molar-refractivity contribution is 9.10. The zero-order valence-electron chi connectivity index (χ0n) is 7.68. The maximum Gasteiger partial charge on any atom is 0.139 e. The Morgan fingerprint density at radius 3 is 3.13 bits per heavy atom. The lowest BCUT2D eigenvalue weighted by atomic mass is 10.3. The van der Waals surface area contributed by atoms with E-state index in [1.165, 1.54) is 0 Å². The van der Waals surface area contributed by atoms with Crippen molar-refractivity contribution in [2.24, 2.45) is 0 Å². The van der Waals surface area contributed by atoms with Gasteiger partial charge in [-0.3, -0.25) is 4.57 Å². The van der Waals surface area contributed by atoms with Crippen molar-refractivity contribution in [1.82, 2.24) is 19.5 Å². The van der Waals surface area contributed by atoms with Crippen LogP contribution in [0.15, 0.2) is 41.7 Å². The first kappa shape index (κ1) is 8.67. The number of pyridine rings is 1. The van der Waals surface area contributed by atoms with Crippen molar-refractivity contribution < 1.29 is 0 Å². The Morgan fingerprint density at radius 1 is 1.40 bits per heavy atom. The Labute approximate surface area is 94.1 Å². The predicted molar refractivity (Wildman–Crippen MR) is 60.9 cm³/mol. The van der Waals surface area contributed by atoms with Crippen LogP contribution in [0.2, 0.25) is 0 Å². The molecule has 0 saturated heterocycles. The molecule has 0 aliphatic carbocycles. The van der Waals surface area contributed by atoms with Crippen LogP contribution in [0, 0.1) is 0 Å². The molecule has 3 aromatic rings. The maximum atomic E-state index is 4.42. The maximum absolute atomic E-state index is 4.42. The van der Waals surface area contributed by atoms with E-state index < -0.39 is 0 Å². The number of aromatic amines is 1. The van der Waals surface area contributed by atoms with Crippen LogP contribution in [0.4, 0.5) is 0 Å². The van der Waals surface area contributed by atoms with Crippen LogP contribution in [0.25, 0.3) is 16.7 Å². The fourth-order valence-electron chi connectivity index (χ4n) is 1.54. The van der Waals surface area contributed by atoms with Crippen LogP contribution >= 0.6 is 15.9 Å². The van der Waals surface area contributed by atoms with Crippen LogP contribution in [-0.2, 0) is 0 Å². The molecule has 0 amide bonds. The third kappa shape index (κ3) is 1.35.